The largest absolute Gasteiger partial charge is 0.391 e. The standard InChI is InChI=1S/C17H19ClN6O2/c1-10-2-3-24-16(21-10)13(7-20-24)17(26)22-14-4-11(5-15(14)25)8-23-9-12(18)6-19-23/h2-3,6-7,9,11,14-15,25H,4-5,8H2,1H3,(H,22,26)/t11?,14-,15-/m1/s1. The highest BCUT2D eigenvalue weighted by atomic mass is 35.5. The lowest BCUT2D eigenvalue weighted by molar-refractivity contribution is 0.0874. The number of rotatable bonds is 4. The SMILES string of the molecule is Cc1ccn2ncc(C(=O)N[C@@H]3CC(Cn4cc(Cl)cn4)C[C@H]3O)c2n1. The number of aliphatic hydroxyl groups excluding tert-OH is 1. The van der Waals surface area contributed by atoms with E-state index in [1.54, 1.807) is 27.8 Å². The zero-order valence-electron chi connectivity index (χ0n) is 14.2. The number of carbonyl (C=O) groups is 1. The zero-order chi connectivity index (χ0) is 18.3. The molecule has 0 saturated heterocycles. The predicted molar refractivity (Wildman–Crippen MR) is 94.9 cm³/mol. The first-order valence-electron chi connectivity index (χ1n) is 8.47. The van der Waals surface area contributed by atoms with Crippen molar-refractivity contribution in [1.82, 2.24) is 29.7 Å². The molecule has 26 heavy (non-hydrogen) atoms. The van der Waals surface area contributed by atoms with Gasteiger partial charge in [0.1, 0.15) is 5.56 Å². The van der Waals surface area contributed by atoms with Gasteiger partial charge in [0.05, 0.1) is 29.6 Å². The lowest BCUT2D eigenvalue weighted by Gasteiger charge is -2.16. The van der Waals surface area contributed by atoms with E-state index in [1.807, 2.05) is 13.0 Å². The fourth-order valence-electron chi connectivity index (χ4n) is 3.49. The molecule has 1 aliphatic rings. The second kappa shape index (κ2) is 6.69. The summed E-state index contributed by atoms with van der Waals surface area (Å²) < 4.78 is 3.33. The third-order valence-electron chi connectivity index (χ3n) is 4.74. The van der Waals surface area contributed by atoms with Crippen molar-refractivity contribution >= 4 is 23.2 Å². The maximum Gasteiger partial charge on any atom is 0.257 e. The summed E-state index contributed by atoms with van der Waals surface area (Å²) in [6.07, 6.45) is 7.31. The number of fused-ring (bicyclic) bond motifs is 1. The molecule has 0 radical (unpaired) electrons. The minimum absolute atomic E-state index is 0.218. The monoisotopic (exact) mass is 374 g/mol. The molecule has 3 atom stereocenters. The van der Waals surface area contributed by atoms with E-state index >= 15 is 0 Å². The Morgan fingerprint density at radius 3 is 3.00 bits per heavy atom. The summed E-state index contributed by atoms with van der Waals surface area (Å²) in [5, 5.41) is 22.2. The molecule has 0 aromatic carbocycles. The number of aromatic nitrogens is 5. The summed E-state index contributed by atoms with van der Waals surface area (Å²) in [5.41, 5.74) is 1.73. The number of hydrogen-bond donors (Lipinski definition) is 2. The van der Waals surface area contributed by atoms with E-state index in [9.17, 15) is 9.90 Å². The molecule has 1 aliphatic carbocycles. The lowest BCUT2D eigenvalue weighted by atomic mass is 10.1. The Balaban J connectivity index is 1.44. The van der Waals surface area contributed by atoms with Crippen LogP contribution < -0.4 is 5.32 Å². The van der Waals surface area contributed by atoms with Crippen molar-refractivity contribution in [1.29, 1.82) is 0 Å². The van der Waals surface area contributed by atoms with Crippen LogP contribution in [0.5, 0.6) is 0 Å². The molecule has 2 N–H and O–H groups in total. The zero-order valence-corrected chi connectivity index (χ0v) is 15.0. The molecule has 0 spiro atoms. The van der Waals surface area contributed by atoms with Crippen molar-refractivity contribution in [2.45, 2.75) is 38.5 Å². The number of aryl methyl sites for hydroxylation is 1. The first-order valence-corrected chi connectivity index (χ1v) is 8.85. The Kier molecular flexibility index (Phi) is 4.37. The summed E-state index contributed by atoms with van der Waals surface area (Å²) in [7, 11) is 0. The van der Waals surface area contributed by atoms with Crippen LogP contribution >= 0.6 is 11.6 Å². The highest BCUT2D eigenvalue weighted by Crippen LogP contribution is 2.28. The third-order valence-corrected chi connectivity index (χ3v) is 4.94. The second-order valence-corrected chi connectivity index (χ2v) is 7.20. The first kappa shape index (κ1) is 17.0. The fourth-order valence-corrected chi connectivity index (χ4v) is 3.65. The van der Waals surface area contributed by atoms with Crippen LogP contribution in [0.15, 0.2) is 30.9 Å². The summed E-state index contributed by atoms with van der Waals surface area (Å²) >= 11 is 5.88. The van der Waals surface area contributed by atoms with E-state index < -0.39 is 6.10 Å². The lowest BCUT2D eigenvalue weighted by Crippen LogP contribution is -2.39. The van der Waals surface area contributed by atoms with Crippen LogP contribution in [0.2, 0.25) is 5.02 Å². The number of halogens is 1. The van der Waals surface area contributed by atoms with Gasteiger partial charge in [-0.3, -0.25) is 9.48 Å². The highest BCUT2D eigenvalue weighted by molar-refractivity contribution is 6.30. The summed E-state index contributed by atoms with van der Waals surface area (Å²) in [6, 6.07) is 1.52. The number of aliphatic hydroxyl groups is 1. The van der Waals surface area contributed by atoms with Crippen LogP contribution in [0.4, 0.5) is 0 Å². The van der Waals surface area contributed by atoms with Gasteiger partial charge in [0, 0.05) is 24.6 Å². The summed E-state index contributed by atoms with van der Waals surface area (Å²) in [6.45, 7) is 2.52. The normalized spacial score (nSPS) is 22.8. The van der Waals surface area contributed by atoms with Crippen molar-refractivity contribution < 1.29 is 9.90 Å². The van der Waals surface area contributed by atoms with E-state index in [4.69, 9.17) is 11.6 Å². The Hall–Kier alpha value is -2.45. The van der Waals surface area contributed by atoms with Crippen LogP contribution in [0.1, 0.15) is 28.9 Å². The van der Waals surface area contributed by atoms with Gasteiger partial charge in [-0.05, 0) is 31.7 Å². The van der Waals surface area contributed by atoms with Gasteiger partial charge in [-0.1, -0.05) is 11.6 Å². The van der Waals surface area contributed by atoms with E-state index in [1.165, 1.54) is 6.20 Å². The molecule has 1 amide bonds. The van der Waals surface area contributed by atoms with Gasteiger partial charge in [0.25, 0.3) is 5.91 Å². The Labute approximate surface area is 154 Å². The molecule has 4 rings (SSSR count). The van der Waals surface area contributed by atoms with Crippen LogP contribution in [-0.2, 0) is 6.54 Å². The van der Waals surface area contributed by atoms with Gasteiger partial charge in [-0.2, -0.15) is 10.2 Å². The quantitative estimate of drug-likeness (QED) is 0.720. The molecular formula is C17H19ClN6O2. The third kappa shape index (κ3) is 3.30. The van der Waals surface area contributed by atoms with Crippen molar-refractivity contribution in [2.24, 2.45) is 5.92 Å². The van der Waals surface area contributed by atoms with Crippen LogP contribution in [0.25, 0.3) is 5.65 Å². The van der Waals surface area contributed by atoms with E-state index in [2.05, 4.69) is 20.5 Å². The van der Waals surface area contributed by atoms with Crippen molar-refractivity contribution in [2.75, 3.05) is 0 Å². The Morgan fingerprint density at radius 2 is 2.23 bits per heavy atom. The van der Waals surface area contributed by atoms with Gasteiger partial charge in [0.2, 0.25) is 0 Å². The predicted octanol–water partition coefficient (Wildman–Crippen LogP) is 1.46. The van der Waals surface area contributed by atoms with E-state index in [-0.39, 0.29) is 17.9 Å². The number of nitrogens with one attached hydrogen (secondary N) is 1. The minimum Gasteiger partial charge on any atom is -0.391 e. The topological polar surface area (TPSA) is 97.3 Å². The molecule has 9 heteroatoms. The molecule has 3 aromatic heterocycles. The number of hydrogen-bond acceptors (Lipinski definition) is 5. The van der Waals surface area contributed by atoms with Crippen LogP contribution in [-0.4, -0.2) is 47.5 Å². The smallest absolute Gasteiger partial charge is 0.257 e. The Bertz CT molecular complexity index is 952. The highest BCUT2D eigenvalue weighted by Gasteiger charge is 2.34. The van der Waals surface area contributed by atoms with E-state index in [0.29, 0.717) is 35.6 Å². The Morgan fingerprint density at radius 1 is 1.38 bits per heavy atom. The maximum atomic E-state index is 12.7. The number of carbonyl (C=O) groups excluding carboxylic acids is 1. The van der Waals surface area contributed by atoms with Gasteiger partial charge >= 0.3 is 0 Å². The minimum atomic E-state index is -0.591. The van der Waals surface area contributed by atoms with E-state index in [0.717, 1.165) is 5.69 Å². The molecule has 3 aromatic rings. The average molecular weight is 375 g/mol. The van der Waals surface area contributed by atoms with Crippen molar-refractivity contribution in [3.8, 4) is 0 Å². The van der Waals surface area contributed by atoms with Crippen LogP contribution in [0.3, 0.4) is 0 Å². The molecule has 1 saturated carbocycles. The van der Waals surface area contributed by atoms with Crippen LogP contribution in [0, 0.1) is 12.8 Å². The fraction of sp³-hybridized carbons (Fsp3) is 0.412. The van der Waals surface area contributed by atoms with Gasteiger partial charge in [0.15, 0.2) is 5.65 Å². The summed E-state index contributed by atoms with van der Waals surface area (Å²) in [5.74, 6) is -0.0551. The molecule has 0 bridgehead atoms. The number of nitrogens with zero attached hydrogens (tertiary/aromatic N) is 5. The van der Waals surface area contributed by atoms with Gasteiger partial charge in [-0.25, -0.2) is 9.50 Å². The summed E-state index contributed by atoms with van der Waals surface area (Å²) in [4.78, 5) is 17.0. The molecule has 1 fully saturated rings. The molecule has 8 nitrogen and oxygen atoms in total. The second-order valence-electron chi connectivity index (χ2n) is 6.76. The van der Waals surface area contributed by atoms with Gasteiger partial charge < -0.3 is 10.4 Å². The van der Waals surface area contributed by atoms with Crippen molar-refractivity contribution in [3.63, 3.8) is 0 Å². The first-order chi connectivity index (χ1) is 12.5. The average Bonchev–Trinajstić information content (AvgIpc) is 3.27. The number of amides is 1. The molecule has 136 valence electrons. The van der Waals surface area contributed by atoms with Crippen molar-refractivity contribution in [3.05, 3.63) is 47.1 Å². The molecule has 1 unspecified atom stereocenters. The molecule has 0 aliphatic heterocycles. The van der Waals surface area contributed by atoms with Gasteiger partial charge in [-0.15, -0.1) is 0 Å². The molecule has 3 heterocycles. The molecular weight excluding hydrogens is 356 g/mol. The maximum absolute atomic E-state index is 12.7.